The van der Waals surface area contributed by atoms with Crippen LogP contribution in [0.25, 0.3) is 11.0 Å². The second-order valence-corrected chi connectivity index (χ2v) is 9.31. The molecule has 32 heavy (non-hydrogen) atoms. The van der Waals surface area contributed by atoms with E-state index in [1.54, 1.807) is 39.9 Å². The lowest BCUT2D eigenvalue weighted by molar-refractivity contribution is -0.122. The van der Waals surface area contributed by atoms with Crippen LogP contribution in [0.2, 0.25) is 0 Å². The van der Waals surface area contributed by atoms with Gasteiger partial charge in [-0.1, -0.05) is 31.5 Å². The zero-order valence-corrected chi connectivity index (χ0v) is 19.4. The van der Waals surface area contributed by atoms with E-state index < -0.39 is 5.92 Å². The van der Waals surface area contributed by atoms with Gasteiger partial charge in [-0.25, -0.2) is 4.79 Å². The van der Waals surface area contributed by atoms with Crippen LogP contribution in [-0.4, -0.2) is 33.2 Å². The number of thioether (sulfide) groups is 1. The summed E-state index contributed by atoms with van der Waals surface area (Å²) in [4.78, 5) is 40.7. The Balaban J connectivity index is 1.60. The number of unbranched alkanes of at least 4 members (excludes halogenated alkanes) is 1. The summed E-state index contributed by atoms with van der Waals surface area (Å²) in [5, 5.41) is 3.06. The summed E-state index contributed by atoms with van der Waals surface area (Å²) in [6.45, 7) is 2.50. The fourth-order valence-electron chi connectivity index (χ4n) is 4.05. The highest BCUT2D eigenvalue weighted by Crippen LogP contribution is 2.33. The largest absolute Gasteiger partial charge is 0.328 e. The van der Waals surface area contributed by atoms with Crippen molar-refractivity contribution in [1.82, 2.24) is 9.13 Å². The minimum absolute atomic E-state index is 0.0465. The van der Waals surface area contributed by atoms with Crippen molar-refractivity contribution >= 4 is 46.0 Å². The molecule has 0 spiro atoms. The minimum Gasteiger partial charge on any atom is -0.325 e. The summed E-state index contributed by atoms with van der Waals surface area (Å²) in [6.07, 6.45) is 2.33. The third-order valence-corrected chi connectivity index (χ3v) is 7.09. The first-order chi connectivity index (χ1) is 15.4. The van der Waals surface area contributed by atoms with Gasteiger partial charge in [0.05, 0.1) is 22.6 Å². The normalized spacial score (nSPS) is 16.2. The molecule has 1 aliphatic rings. The lowest BCUT2D eigenvalue weighted by Gasteiger charge is -2.17. The molecule has 2 aromatic carbocycles. The highest BCUT2D eigenvalue weighted by Gasteiger charge is 2.35. The van der Waals surface area contributed by atoms with Crippen molar-refractivity contribution in [3.8, 4) is 0 Å². The number of anilines is 2. The SMILES string of the molecule is CCCCSc1cc2c(cc1NC(=O)[C@H]1CC(=O)N(c3ccccc3)C1)n(C)c(=O)n2C. The zero-order valence-electron chi connectivity index (χ0n) is 18.6. The van der Waals surface area contributed by atoms with Crippen molar-refractivity contribution in [2.24, 2.45) is 20.0 Å². The molecule has 0 unspecified atom stereocenters. The molecule has 0 saturated carbocycles. The number of fused-ring (bicyclic) bond motifs is 1. The Morgan fingerprint density at radius 3 is 2.47 bits per heavy atom. The summed E-state index contributed by atoms with van der Waals surface area (Å²) < 4.78 is 3.21. The number of rotatable bonds is 7. The Hall–Kier alpha value is -3.00. The van der Waals surface area contributed by atoms with Gasteiger partial charge in [-0.05, 0) is 36.4 Å². The third-order valence-electron chi connectivity index (χ3n) is 5.95. The second kappa shape index (κ2) is 9.24. The quantitative estimate of drug-likeness (QED) is 0.437. The van der Waals surface area contributed by atoms with Gasteiger partial charge in [0.2, 0.25) is 11.8 Å². The number of benzene rings is 2. The number of aromatic nitrogens is 2. The Bertz CT molecular complexity index is 1220. The molecule has 168 valence electrons. The molecule has 1 atom stereocenters. The van der Waals surface area contributed by atoms with Gasteiger partial charge < -0.3 is 10.2 Å². The molecule has 1 saturated heterocycles. The van der Waals surface area contributed by atoms with Gasteiger partial charge in [-0.3, -0.25) is 18.7 Å². The molecular formula is C24H28N4O3S. The fraction of sp³-hybridized carbons (Fsp3) is 0.375. The average molecular weight is 453 g/mol. The first-order valence-electron chi connectivity index (χ1n) is 10.9. The number of imidazole rings is 1. The van der Waals surface area contributed by atoms with Crippen LogP contribution in [0.15, 0.2) is 52.2 Å². The van der Waals surface area contributed by atoms with Crippen LogP contribution in [-0.2, 0) is 23.7 Å². The molecule has 3 aromatic rings. The first kappa shape index (κ1) is 22.2. The minimum atomic E-state index is -0.425. The van der Waals surface area contributed by atoms with Crippen LogP contribution < -0.4 is 15.9 Å². The Morgan fingerprint density at radius 1 is 1.09 bits per heavy atom. The second-order valence-electron chi connectivity index (χ2n) is 8.17. The number of amides is 2. The number of carbonyl (C=O) groups is 2. The predicted molar refractivity (Wildman–Crippen MR) is 129 cm³/mol. The van der Waals surface area contributed by atoms with Gasteiger partial charge in [0, 0.05) is 37.6 Å². The van der Waals surface area contributed by atoms with E-state index in [2.05, 4.69) is 12.2 Å². The molecule has 0 aliphatic carbocycles. The number of hydrogen-bond donors (Lipinski definition) is 1. The maximum Gasteiger partial charge on any atom is 0.328 e. The highest BCUT2D eigenvalue weighted by atomic mass is 32.2. The van der Waals surface area contributed by atoms with Crippen molar-refractivity contribution in [2.45, 2.75) is 31.1 Å². The van der Waals surface area contributed by atoms with E-state index in [0.29, 0.717) is 12.2 Å². The van der Waals surface area contributed by atoms with E-state index in [1.807, 2.05) is 42.5 Å². The van der Waals surface area contributed by atoms with Crippen LogP contribution in [0.3, 0.4) is 0 Å². The number of nitrogens with one attached hydrogen (secondary N) is 1. The highest BCUT2D eigenvalue weighted by molar-refractivity contribution is 7.99. The molecule has 4 rings (SSSR count). The molecule has 1 fully saturated rings. The monoisotopic (exact) mass is 452 g/mol. The zero-order chi connectivity index (χ0) is 22.8. The summed E-state index contributed by atoms with van der Waals surface area (Å²) in [6, 6.07) is 13.3. The molecule has 2 heterocycles. The van der Waals surface area contributed by atoms with Gasteiger partial charge in [0.15, 0.2) is 0 Å². The molecular weight excluding hydrogens is 424 g/mol. The van der Waals surface area contributed by atoms with E-state index >= 15 is 0 Å². The standard InChI is InChI=1S/C24H28N4O3S/c1-4-5-11-32-21-14-20-19(26(2)24(31)27(20)3)13-18(21)25-23(30)16-12-22(29)28(15-16)17-9-7-6-8-10-17/h6-10,13-14,16H,4-5,11-12,15H2,1-3H3,(H,25,30)/t16-/m0/s1. The van der Waals surface area contributed by atoms with Gasteiger partial charge in [-0.15, -0.1) is 11.8 Å². The Morgan fingerprint density at radius 2 is 1.78 bits per heavy atom. The van der Waals surface area contributed by atoms with Crippen molar-refractivity contribution in [1.29, 1.82) is 0 Å². The topological polar surface area (TPSA) is 76.3 Å². The van der Waals surface area contributed by atoms with Crippen molar-refractivity contribution < 1.29 is 9.59 Å². The lowest BCUT2D eigenvalue weighted by atomic mass is 10.1. The maximum atomic E-state index is 13.1. The number of para-hydroxylation sites is 1. The molecule has 7 nitrogen and oxygen atoms in total. The molecule has 8 heteroatoms. The molecule has 1 N–H and O–H groups in total. The van der Waals surface area contributed by atoms with Gasteiger partial charge in [0.25, 0.3) is 0 Å². The number of carbonyl (C=O) groups excluding carboxylic acids is 2. The molecule has 1 aliphatic heterocycles. The van der Waals surface area contributed by atoms with Crippen LogP contribution in [0, 0.1) is 5.92 Å². The van der Waals surface area contributed by atoms with Gasteiger partial charge in [-0.2, -0.15) is 0 Å². The molecule has 0 radical (unpaired) electrons. The maximum absolute atomic E-state index is 13.1. The van der Waals surface area contributed by atoms with Gasteiger partial charge >= 0.3 is 5.69 Å². The smallest absolute Gasteiger partial charge is 0.325 e. The van der Waals surface area contributed by atoms with E-state index in [-0.39, 0.29) is 23.9 Å². The third kappa shape index (κ3) is 4.19. The Kier molecular flexibility index (Phi) is 6.41. The van der Waals surface area contributed by atoms with E-state index in [4.69, 9.17) is 0 Å². The predicted octanol–water partition coefficient (Wildman–Crippen LogP) is 3.76. The van der Waals surface area contributed by atoms with E-state index in [1.165, 1.54) is 0 Å². The van der Waals surface area contributed by atoms with Crippen LogP contribution >= 0.6 is 11.8 Å². The van der Waals surface area contributed by atoms with Crippen LogP contribution in [0.1, 0.15) is 26.2 Å². The number of hydrogen-bond acceptors (Lipinski definition) is 4. The van der Waals surface area contributed by atoms with Crippen molar-refractivity contribution in [2.75, 3.05) is 22.5 Å². The van der Waals surface area contributed by atoms with Crippen LogP contribution in [0.5, 0.6) is 0 Å². The first-order valence-corrected chi connectivity index (χ1v) is 11.9. The lowest BCUT2D eigenvalue weighted by Crippen LogP contribution is -2.28. The van der Waals surface area contributed by atoms with Gasteiger partial charge in [0.1, 0.15) is 0 Å². The molecule has 1 aromatic heterocycles. The van der Waals surface area contributed by atoms with Crippen molar-refractivity contribution in [3.63, 3.8) is 0 Å². The van der Waals surface area contributed by atoms with E-state index in [0.717, 1.165) is 40.2 Å². The van der Waals surface area contributed by atoms with E-state index in [9.17, 15) is 14.4 Å². The average Bonchev–Trinajstić information content (AvgIpc) is 3.28. The van der Waals surface area contributed by atoms with Crippen molar-refractivity contribution in [3.05, 3.63) is 52.9 Å². The summed E-state index contributed by atoms with van der Waals surface area (Å²) in [5.74, 6) is 0.283. The molecule has 2 amide bonds. The Labute approximate surface area is 191 Å². The fourth-order valence-corrected chi connectivity index (χ4v) is 5.16. The number of aryl methyl sites for hydroxylation is 2. The number of nitrogens with zero attached hydrogens (tertiary/aromatic N) is 3. The summed E-state index contributed by atoms with van der Waals surface area (Å²) >= 11 is 1.68. The summed E-state index contributed by atoms with van der Waals surface area (Å²) in [5.41, 5.74) is 2.99. The van der Waals surface area contributed by atoms with Crippen LogP contribution in [0.4, 0.5) is 11.4 Å². The summed E-state index contributed by atoms with van der Waals surface area (Å²) in [7, 11) is 3.49. The molecule has 0 bridgehead atoms.